The fraction of sp³-hybridized carbons (Fsp3) is 1.00. The van der Waals surface area contributed by atoms with Crippen molar-refractivity contribution in [3.8, 4) is 0 Å². The minimum atomic E-state index is -0.317. The molecule has 1 rings (SSSR count). The summed E-state index contributed by atoms with van der Waals surface area (Å²) >= 11 is 0. The lowest BCUT2D eigenvalue weighted by molar-refractivity contribution is -0.0649. The summed E-state index contributed by atoms with van der Waals surface area (Å²) in [6, 6.07) is 0. The van der Waals surface area contributed by atoms with Gasteiger partial charge in [0.15, 0.2) is 0 Å². The Balaban J connectivity index is 2.41. The molecule has 1 N–H and O–H groups in total. The third-order valence-electron chi connectivity index (χ3n) is 2.95. The van der Waals surface area contributed by atoms with E-state index in [9.17, 15) is 5.11 Å². The number of hydrogen-bond donors (Lipinski definition) is 1. The van der Waals surface area contributed by atoms with Crippen LogP contribution in [-0.4, -0.2) is 23.9 Å². The van der Waals surface area contributed by atoms with Crippen LogP contribution in [0.15, 0.2) is 0 Å². The van der Waals surface area contributed by atoms with E-state index in [1.165, 1.54) is 32.1 Å². The number of aliphatic hydroxyl groups excluding tert-OH is 1. The normalized spacial score (nSPS) is 24.2. The highest BCUT2D eigenvalue weighted by Gasteiger charge is 2.27. The molecule has 0 radical (unpaired) electrons. The molecule has 1 fully saturated rings. The Bertz CT molecular complexity index is 128. The molecule has 2 unspecified atom stereocenters. The summed E-state index contributed by atoms with van der Waals surface area (Å²) in [5.74, 6) is 0.591. The van der Waals surface area contributed by atoms with Crippen molar-refractivity contribution in [2.45, 2.75) is 58.2 Å². The Kier molecular flexibility index (Phi) is 4.74. The quantitative estimate of drug-likeness (QED) is 0.730. The van der Waals surface area contributed by atoms with Gasteiger partial charge < -0.3 is 9.84 Å². The summed E-state index contributed by atoms with van der Waals surface area (Å²) in [5, 5.41) is 9.57. The highest BCUT2D eigenvalue weighted by molar-refractivity contribution is 4.77. The minimum absolute atomic E-state index is 0.0744. The maximum atomic E-state index is 9.57. The van der Waals surface area contributed by atoms with Gasteiger partial charge in [0.1, 0.15) is 0 Å². The van der Waals surface area contributed by atoms with Gasteiger partial charge in [-0.25, -0.2) is 0 Å². The molecule has 0 amide bonds. The first-order chi connectivity index (χ1) is 6.25. The van der Waals surface area contributed by atoms with E-state index in [4.69, 9.17) is 4.74 Å². The van der Waals surface area contributed by atoms with Crippen molar-refractivity contribution in [3.05, 3.63) is 0 Å². The lowest BCUT2D eigenvalue weighted by Crippen LogP contribution is -2.35. The molecular weight excluding hydrogens is 164 g/mol. The summed E-state index contributed by atoms with van der Waals surface area (Å²) in [4.78, 5) is 0. The van der Waals surface area contributed by atoms with Crippen molar-refractivity contribution in [1.82, 2.24) is 0 Å². The summed E-state index contributed by atoms with van der Waals surface area (Å²) in [7, 11) is 0. The van der Waals surface area contributed by atoms with Crippen LogP contribution in [0.2, 0.25) is 0 Å². The lowest BCUT2D eigenvalue weighted by atomic mass is 9.83. The molecule has 1 aliphatic rings. The summed E-state index contributed by atoms with van der Waals surface area (Å²) < 4.78 is 5.59. The molecule has 1 saturated carbocycles. The monoisotopic (exact) mass is 186 g/mol. The van der Waals surface area contributed by atoms with Gasteiger partial charge in [0.05, 0.1) is 12.2 Å². The molecule has 2 nitrogen and oxygen atoms in total. The topological polar surface area (TPSA) is 29.5 Å². The largest absolute Gasteiger partial charge is 0.391 e. The zero-order valence-electron chi connectivity index (χ0n) is 8.83. The van der Waals surface area contributed by atoms with E-state index < -0.39 is 0 Å². The Labute approximate surface area is 81.3 Å². The smallest absolute Gasteiger partial charge is 0.0859 e. The molecule has 0 aromatic carbocycles. The molecule has 13 heavy (non-hydrogen) atoms. The molecule has 0 bridgehead atoms. The number of hydrogen-bond acceptors (Lipinski definition) is 2. The molecule has 0 saturated heterocycles. The van der Waals surface area contributed by atoms with Crippen molar-refractivity contribution in [2.75, 3.05) is 6.61 Å². The molecule has 0 heterocycles. The van der Waals surface area contributed by atoms with Crippen molar-refractivity contribution in [3.63, 3.8) is 0 Å². The van der Waals surface area contributed by atoms with Crippen LogP contribution in [0.5, 0.6) is 0 Å². The maximum Gasteiger partial charge on any atom is 0.0859 e. The SMILES string of the molecule is CCOC(C(C)O)C1CCCCC1. The molecule has 0 aliphatic heterocycles. The third-order valence-corrected chi connectivity index (χ3v) is 2.95. The molecule has 78 valence electrons. The van der Waals surface area contributed by atoms with E-state index in [1.54, 1.807) is 0 Å². The Morgan fingerprint density at radius 3 is 2.38 bits per heavy atom. The average Bonchev–Trinajstić information content (AvgIpc) is 2.15. The second-order valence-corrected chi connectivity index (χ2v) is 4.06. The first kappa shape index (κ1) is 11.0. The van der Waals surface area contributed by atoms with Crippen molar-refractivity contribution in [1.29, 1.82) is 0 Å². The van der Waals surface area contributed by atoms with E-state index in [0.717, 1.165) is 0 Å². The van der Waals surface area contributed by atoms with E-state index in [-0.39, 0.29) is 12.2 Å². The van der Waals surface area contributed by atoms with Crippen LogP contribution in [-0.2, 0) is 4.74 Å². The predicted molar refractivity (Wildman–Crippen MR) is 53.7 cm³/mol. The van der Waals surface area contributed by atoms with Gasteiger partial charge in [0.25, 0.3) is 0 Å². The standard InChI is InChI=1S/C11H22O2/c1-3-13-11(9(2)12)10-7-5-4-6-8-10/h9-12H,3-8H2,1-2H3. The van der Waals surface area contributed by atoms with Gasteiger partial charge in [-0.3, -0.25) is 0 Å². The van der Waals surface area contributed by atoms with Gasteiger partial charge in [-0.2, -0.15) is 0 Å². The van der Waals surface area contributed by atoms with Crippen LogP contribution in [0.25, 0.3) is 0 Å². The highest BCUT2D eigenvalue weighted by atomic mass is 16.5. The average molecular weight is 186 g/mol. The Morgan fingerprint density at radius 1 is 1.31 bits per heavy atom. The predicted octanol–water partition coefficient (Wildman–Crippen LogP) is 2.35. The zero-order valence-corrected chi connectivity index (χ0v) is 8.83. The van der Waals surface area contributed by atoms with Crippen LogP contribution in [0.1, 0.15) is 46.0 Å². The molecule has 0 aromatic heterocycles. The number of aliphatic hydroxyl groups is 1. The van der Waals surface area contributed by atoms with E-state index in [1.807, 2.05) is 13.8 Å². The van der Waals surface area contributed by atoms with Crippen LogP contribution >= 0.6 is 0 Å². The first-order valence-electron chi connectivity index (χ1n) is 5.55. The van der Waals surface area contributed by atoms with Gasteiger partial charge >= 0.3 is 0 Å². The molecular formula is C11H22O2. The number of ether oxygens (including phenoxy) is 1. The molecule has 1 aliphatic carbocycles. The van der Waals surface area contributed by atoms with Gasteiger partial charge in [0.2, 0.25) is 0 Å². The van der Waals surface area contributed by atoms with E-state index in [2.05, 4.69) is 0 Å². The van der Waals surface area contributed by atoms with Gasteiger partial charge in [-0.05, 0) is 32.6 Å². The van der Waals surface area contributed by atoms with Gasteiger partial charge in [-0.15, -0.1) is 0 Å². The highest BCUT2D eigenvalue weighted by Crippen LogP contribution is 2.29. The second kappa shape index (κ2) is 5.61. The van der Waals surface area contributed by atoms with Crippen LogP contribution in [0, 0.1) is 5.92 Å². The van der Waals surface area contributed by atoms with Crippen LogP contribution in [0.3, 0.4) is 0 Å². The summed E-state index contributed by atoms with van der Waals surface area (Å²) in [6.45, 7) is 4.55. The molecule has 0 aromatic rings. The lowest BCUT2D eigenvalue weighted by Gasteiger charge is -2.31. The zero-order chi connectivity index (χ0) is 9.68. The fourth-order valence-electron chi connectivity index (χ4n) is 2.32. The second-order valence-electron chi connectivity index (χ2n) is 4.06. The van der Waals surface area contributed by atoms with Crippen molar-refractivity contribution < 1.29 is 9.84 Å². The minimum Gasteiger partial charge on any atom is -0.391 e. The molecule has 0 spiro atoms. The third kappa shape index (κ3) is 3.28. The fourth-order valence-corrected chi connectivity index (χ4v) is 2.32. The van der Waals surface area contributed by atoms with Crippen molar-refractivity contribution in [2.24, 2.45) is 5.92 Å². The van der Waals surface area contributed by atoms with Gasteiger partial charge in [0, 0.05) is 6.61 Å². The Hall–Kier alpha value is -0.0800. The van der Waals surface area contributed by atoms with E-state index in [0.29, 0.717) is 12.5 Å². The maximum absolute atomic E-state index is 9.57. The van der Waals surface area contributed by atoms with E-state index >= 15 is 0 Å². The van der Waals surface area contributed by atoms with Crippen LogP contribution in [0.4, 0.5) is 0 Å². The Morgan fingerprint density at radius 2 is 1.92 bits per heavy atom. The molecule has 2 atom stereocenters. The van der Waals surface area contributed by atoms with Crippen LogP contribution < -0.4 is 0 Å². The van der Waals surface area contributed by atoms with Gasteiger partial charge in [-0.1, -0.05) is 19.3 Å². The summed E-state index contributed by atoms with van der Waals surface area (Å²) in [5.41, 5.74) is 0. The summed E-state index contributed by atoms with van der Waals surface area (Å²) in [6.07, 6.45) is 6.19. The first-order valence-corrected chi connectivity index (χ1v) is 5.55. The van der Waals surface area contributed by atoms with Crippen molar-refractivity contribution >= 4 is 0 Å². The molecule has 2 heteroatoms. The number of rotatable bonds is 4.